The lowest BCUT2D eigenvalue weighted by atomic mass is 9.81. The summed E-state index contributed by atoms with van der Waals surface area (Å²) in [6.07, 6.45) is 0. The highest BCUT2D eigenvalue weighted by Crippen LogP contribution is 2.54. The van der Waals surface area contributed by atoms with Gasteiger partial charge in [0.25, 0.3) is 0 Å². The zero-order valence-electron chi connectivity index (χ0n) is 29.0. The van der Waals surface area contributed by atoms with Crippen LogP contribution in [0.5, 0.6) is 0 Å². The molecule has 1 aliphatic rings. The third-order valence-corrected chi connectivity index (χ3v) is 11.3. The van der Waals surface area contributed by atoms with Gasteiger partial charge >= 0.3 is 0 Å². The molecule has 2 aromatic heterocycles. The second kappa shape index (κ2) is 10.7. The van der Waals surface area contributed by atoms with Crippen molar-refractivity contribution in [3.63, 3.8) is 0 Å². The summed E-state index contributed by atoms with van der Waals surface area (Å²) in [6, 6.07) is 61.8. The molecule has 3 nitrogen and oxygen atoms in total. The van der Waals surface area contributed by atoms with Crippen LogP contribution >= 0.6 is 0 Å². The third kappa shape index (κ3) is 4.08. The molecule has 1 aliphatic carbocycles. The Hall–Kier alpha value is -6.58. The first-order valence-corrected chi connectivity index (χ1v) is 18.0. The number of hydrogen-bond donors (Lipinski definition) is 0. The summed E-state index contributed by atoms with van der Waals surface area (Å²) in [5, 5.41) is 7.21. The van der Waals surface area contributed by atoms with Crippen molar-refractivity contribution in [1.29, 1.82) is 0 Å². The van der Waals surface area contributed by atoms with Crippen LogP contribution in [0.3, 0.4) is 0 Å². The number of aromatic nitrogens is 1. The summed E-state index contributed by atoms with van der Waals surface area (Å²) >= 11 is 0. The van der Waals surface area contributed by atoms with Crippen LogP contribution in [0.2, 0.25) is 0 Å². The van der Waals surface area contributed by atoms with Crippen molar-refractivity contribution in [1.82, 2.24) is 4.57 Å². The van der Waals surface area contributed by atoms with Gasteiger partial charge in [-0.1, -0.05) is 117 Å². The molecule has 11 rings (SSSR count). The van der Waals surface area contributed by atoms with Crippen molar-refractivity contribution < 1.29 is 4.42 Å². The van der Waals surface area contributed by atoms with Gasteiger partial charge in [0.05, 0.1) is 16.7 Å². The van der Waals surface area contributed by atoms with Crippen molar-refractivity contribution in [3.05, 3.63) is 181 Å². The summed E-state index contributed by atoms with van der Waals surface area (Å²) in [7, 11) is 0. The average Bonchev–Trinajstić information content (AvgIpc) is 3.79. The maximum absolute atomic E-state index is 6.49. The molecule has 2 heterocycles. The molecule has 0 saturated heterocycles. The smallest absolute Gasteiger partial charge is 0.137 e. The fourth-order valence-corrected chi connectivity index (χ4v) is 8.97. The van der Waals surface area contributed by atoms with Crippen LogP contribution in [0.1, 0.15) is 25.0 Å². The summed E-state index contributed by atoms with van der Waals surface area (Å²) in [4.78, 5) is 2.45. The SMILES string of the molecule is CC1(C)c2ccccc2-c2cccc(N(c3ccc4c(c3)oc3ccccc34)c3ccc4c5cc6ccccc6cc5n(-c5ccccc5)c4c3)c21. The number of rotatable bonds is 4. The summed E-state index contributed by atoms with van der Waals surface area (Å²) in [6.45, 7) is 4.73. The van der Waals surface area contributed by atoms with E-state index in [4.69, 9.17) is 4.42 Å². The number of fused-ring (bicyclic) bond motifs is 10. The Kier molecular flexibility index (Phi) is 6.01. The molecule has 0 saturated carbocycles. The highest BCUT2D eigenvalue weighted by Gasteiger charge is 2.38. The monoisotopic (exact) mass is 666 g/mol. The second-order valence-electron chi connectivity index (χ2n) is 14.6. The van der Waals surface area contributed by atoms with Crippen LogP contribution < -0.4 is 4.90 Å². The van der Waals surface area contributed by atoms with E-state index in [0.29, 0.717) is 0 Å². The van der Waals surface area contributed by atoms with E-state index < -0.39 is 0 Å². The van der Waals surface area contributed by atoms with Crippen LogP contribution in [-0.4, -0.2) is 4.57 Å². The first-order valence-electron chi connectivity index (χ1n) is 18.0. The molecule has 0 unspecified atom stereocenters. The lowest BCUT2D eigenvalue weighted by Crippen LogP contribution is -2.20. The molecule has 0 aliphatic heterocycles. The van der Waals surface area contributed by atoms with Gasteiger partial charge in [-0.05, 0) is 93.7 Å². The standard InChI is InChI=1S/C49H34N2O/c1-49(2)42-20-10-8-17-36(42)40-19-12-21-43(48(40)49)50(35-24-26-39-38-18-9-11-22-46(38)52-47(39)30-35)34-23-25-37-41-27-31-13-6-7-14-32(31)28-44(41)51(45(37)29-34)33-15-4-3-5-16-33/h3-30H,1-2H3. The lowest BCUT2D eigenvalue weighted by Gasteiger charge is -2.32. The van der Waals surface area contributed by atoms with Gasteiger partial charge in [-0.15, -0.1) is 0 Å². The van der Waals surface area contributed by atoms with Gasteiger partial charge in [-0.2, -0.15) is 0 Å². The quantitative estimate of drug-likeness (QED) is 0.186. The van der Waals surface area contributed by atoms with Gasteiger partial charge in [0.15, 0.2) is 0 Å². The molecule has 0 bridgehead atoms. The van der Waals surface area contributed by atoms with Crippen LogP contribution in [0.4, 0.5) is 17.1 Å². The minimum atomic E-state index is -0.201. The predicted molar refractivity (Wildman–Crippen MR) is 218 cm³/mol. The maximum Gasteiger partial charge on any atom is 0.137 e. The first-order chi connectivity index (χ1) is 25.5. The molecule has 0 N–H and O–H groups in total. The van der Waals surface area contributed by atoms with E-state index in [0.717, 1.165) is 39.0 Å². The molecule has 52 heavy (non-hydrogen) atoms. The molecule has 3 heteroatoms. The molecule has 0 fully saturated rings. The summed E-state index contributed by atoms with van der Waals surface area (Å²) in [5.41, 5.74) is 13.7. The van der Waals surface area contributed by atoms with E-state index >= 15 is 0 Å². The molecule has 0 atom stereocenters. The topological polar surface area (TPSA) is 21.3 Å². The van der Waals surface area contributed by atoms with Crippen molar-refractivity contribution in [2.45, 2.75) is 19.3 Å². The highest BCUT2D eigenvalue weighted by atomic mass is 16.3. The largest absolute Gasteiger partial charge is 0.456 e. The van der Waals surface area contributed by atoms with Crippen LogP contribution in [0.25, 0.3) is 71.3 Å². The van der Waals surface area contributed by atoms with Crippen LogP contribution in [0, 0.1) is 0 Å². The Morgan fingerprint density at radius 2 is 1.13 bits per heavy atom. The van der Waals surface area contributed by atoms with Gasteiger partial charge in [0.2, 0.25) is 0 Å². The second-order valence-corrected chi connectivity index (χ2v) is 14.6. The molecule has 0 spiro atoms. The Morgan fingerprint density at radius 1 is 0.481 bits per heavy atom. The summed E-state index contributed by atoms with van der Waals surface area (Å²) < 4.78 is 8.92. The fraction of sp³-hybridized carbons (Fsp3) is 0.0612. The van der Waals surface area contributed by atoms with E-state index in [-0.39, 0.29) is 5.41 Å². The van der Waals surface area contributed by atoms with E-state index in [1.807, 2.05) is 6.07 Å². The average molecular weight is 667 g/mol. The molecule has 10 aromatic rings. The zero-order chi connectivity index (χ0) is 34.6. The zero-order valence-corrected chi connectivity index (χ0v) is 29.0. The molecule has 246 valence electrons. The summed E-state index contributed by atoms with van der Waals surface area (Å²) in [5.74, 6) is 0. The van der Waals surface area contributed by atoms with E-state index in [1.165, 1.54) is 60.5 Å². The lowest BCUT2D eigenvalue weighted by molar-refractivity contribution is 0.660. The Bertz CT molecular complexity index is 3050. The number of para-hydroxylation sites is 2. The van der Waals surface area contributed by atoms with Crippen LogP contribution in [-0.2, 0) is 5.41 Å². The Labute approximate surface area is 301 Å². The minimum absolute atomic E-state index is 0.201. The molecular formula is C49H34N2O. The van der Waals surface area contributed by atoms with Gasteiger partial charge < -0.3 is 13.9 Å². The fourth-order valence-electron chi connectivity index (χ4n) is 8.97. The van der Waals surface area contributed by atoms with Gasteiger partial charge in [0.1, 0.15) is 11.2 Å². The molecule has 8 aromatic carbocycles. The Balaban J connectivity index is 1.22. The Morgan fingerprint density at radius 3 is 2.00 bits per heavy atom. The first kappa shape index (κ1) is 29.2. The van der Waals surface area contributed by atoms with E-state index in [1.54, 1.807) is 0 Å². The van der Waals surface area contributed by atoms with Gasteiger partial charge in [-0.25, -0.2) is 0 Å². The number of hydrogen-bond acceptors (Lipinski definition) is 2. The molecular weight excluding hydrogens is 633 g/mol. The van der Waals surface area contributed by atoms with Gasteiger partial charge in [0, 0.05) is 50.1 Å². The third-order valence-electron chi connectivity index (χ3n) is 11.3. The van der Waals surface area contributed by atoms with Crippen LogP contribution in [0.15, 0.2) is 174 Å². The molecule has 0 amide bonds. The minimum Gasteiger partial charge on any atom is -0.456 e. The number of anilines is 3. The van der Waals surface area contributed by atoms with Crippen molar-refractivity contribution in [2.75, 3.05) is 4.90 Å². The highest BCUT2D eigenvalue weighted by molar-refractivity contribution is 6.14. The number of nitrogens with zero attached hydrogens (tertiary/aromatic N) is 2. The number of furan rings is 1. The maximum atomic E-state index is 6.49. The van der Waals surface area contributed by atoms with E-state index in [9.17, 15) is 0 Å². The number of benzene rings is 8. The van der Waals surface area contributed by atoms with E-state index in [2.05, 4.69) is 187 Å². The van der Waals surface area contributed by atoms with Crippen molar-refractivity contribution in [3.8, 4) is 16.8 Å². The normalized spacial score (nSPS) is 13.3. The van der Waals surface area contributed by atoms with Gasteiger partial charge in [-0.3, -0.25) is 0 Å². The predicted octanol–water partition coefficient (Wildman–Crippen LogP) is 13.6. The van der Waals surface area contributed by atoms with Crippen molar-refractivity contribution in [2.24, 2.45) is 0 Å². The molecule has 0 radical (unpaired) electrons. The van der Waals surface area contributed by atoms with Crippen molar-refractivity contribution >= 4 is 71.6 Å².